The van der Waals surface area contributed by atoms with Gasteiger partial charge in [0.25, 0.3) is 0 Å². The summed E-state index contributed by atoms with van der Waals surface area (Å²) in [5, 5.41) is 12.3. The van der Waals surface area contributed by atoms with Crippen LogP contribution in [0.4, 0.5) is 0 Å². The van der Waals surface area contributed by atoms with Crippen LogP contribution in [-0.4, -0.2) is 13.1 Å². The minimum atomic E-state index is -0.305. The van der Waals surface area contributed by atoms with Gasteiger partial charge in [0, 0.05) is 12.6 Å². The largest absolute Gasteiger partial charge is 0.469 e. The zero-order chi connectivity index (χ0) is 16.7. The first kappa shape index (κ1) is 16.7. The zero-order valence-electron chi connectivity index (χ0n) is 13.3. The summed E-state index contributed by atoms with van der Waals surface area (Å²) in [6.45, 7) is 2.46. The molecule has 4 heteroatoms. The van der Waals surface area contributed by atoms with E-state index in [2.05, 4.69) is 11.4 Å². The Hall–Kier alpha value is -2.64. The Morgan fingerprint density at radius 2 is 1.83 bits per heavy atom. The summed E-state index contributed by atoms with van der Waals surface area (Å²) in [5.41, 5.74) is 2.73. The summed E-state index contributed by atoms with van der Waals surface area (Å²) in [7, 11) is 1.40. The van der Waals surface area contributed by atoms with Gasteiger partial charge in [0.1, 0.15) is 0 Å². The fourth-order valence-corrected chi connectivity index (χ4v) is 2.49. The third-order valence-corrected chi connectivity index (χ3v) is 3.84. The van der Waals surface area contributed by atoms with Gasteiger partial charge >= 0.3 is 5.97 Å². The number of nitrogens with zero attached hydrogens (tertiary/aromatic N) is 1. The molecule has 2 aromatic rings. The minimum absolute atomic E-state index is 0.140. The average Bonchev–Trinajstić information content (AvgIpc) is 2.62. The smallest absolute Gasteiger partial charge is 0.310 e. The number of nitrogens with one attached hydrogen (secondary N) is 1. The maximum absolute atomic E-state index is 11.9. The Kier molecular flexibility index (Phi) is 5.90. The van der Waals surface area contributed by atoms with Crippen molar-refractivity contribution in [1.82, 2.24) is 5.32 Å². The molecule has 0 fully saturated rings. The molecule has 0 bridgehead atoms. The van der Waals surface area contributed by atoms with Crippen molar-refractivity contribution < 1.29 is 9.53 Å². The van der Waals surface area contributed by atoms with Crippen LogP contribution in [-0.2, 0) is 16.1 Å². The molecule has 2 aromatic carbocycles. The molecule has 0 aliphatic carbocycles. The zero-order valence-corrected chi connectivity index (χ0v) is 13.3. The van der Waals surface area contributed by atoms with E-state index in [-0.39, 0.29) is 17.9 Å². The highest BCUT2D eigenvalue weighted by Crippen LogP contribution is 2.23. The van der Waals surface area contributed by atoms with Crippen molar-refractivity contribution in [3.63, 3.8) is 0 Å². The van der Waals surface area contributed by atoms with Gasteiger partial charge in [-0.15, -0.1) is 0 Å². The lowest BCUT2D eigenvalue weighted by Gasteiger charge is -2.24. The Bertz CT molecular complexity index is 675. The highest BCUT2D eigenvalue weighted by Gasteiger charge is 2.25. The molecular weight excluding hydrogens is 288 g/mol. The molecular formula is C19H20N2O2. The van der Waals surface area contributed by atoms with Crippen molar-refractivity contribution in [2.24, 2.45) is 5.92 Å². The van der Waals surface area contributed by atoms with Crippen molar-refractivity contribution in [1.29, 1.82) is 5.26 Å². The topological polar surface area (TPSA) is 62.1 Å². The van der Waals surface area contributed by atoms with E-state index in [9.17, 15) is 4.79 Å². The highest BCUT2D eigenvalue weighted by molar-refractivity contribution is 5.73. The van der Waals surface area contributed by atoms with E-state index in [1.54, 1.807) is 12.1 Å². The van der Waals surface area contributed by atoms with Crippen LogP contribution in [0.3, 0.4) is 0 Å². The van der Waals surface area contributed by atoms with Crippen molar-refractivity contribution in [2.75, 3.05) is 7.11 Å². The minimum Gasteiger partial charge on any atom is -0.469 e. The summed E-state index contributed by atoms with van der Waals surface area (Å²) in [5.74, 6) is -0.549. The molecule has 0 spiro atoms. The fourth-order valence-electron chi connectivity index (χ4n) is 2.49. The Labute approximate surface area is 136 Å². The van der Waals surface area contributed by atoms with E-state index in [0.29, 0.717) is 12.1 Å². The number of benzene rings is 2. The molecule has 0 heterocycles. The number of methoxy groups -OCH3 is 1. The van der Waals surface area contributed by atoms with Crippen LogP contribution in [0.1, 0.15) is 29.7 Å². The fraction of sp³-hybridized carbons (Fsp3) is 0.263. The molecule has 0 aliphatic rings. The number of carbonyl (C=O) groups excluding carboxylic acids is 1. The molecule has 2 rings (SSSR count). The third kappa shape index (κ3) is 4.41. The molecule has 0 aromatic heterocycles. The number of esters is 1. The molecule has 0 radical (unpaired) electrons. The molecule has 0 saturated heterocycles. The Balaban J connectivity index is 2.14. The SMILES string of the molecule is COC(=O)[C@H](C)[C@H](NCc1ccc(C#N)cc1)c1ccccc1. The standard InChI is InChI=1S/C19H20N2O2/c1-14(19(22)23-2)18(17-6-4-3-5-7-17)21-13-16-10-8-15(12-20)9-11-16/h3-11,14,18,21H,13H2,1-2H3/t14-,18+/m1/s1. The molecule has 4 nitrogen and oxygen atoms in total. The number of nitriles is 1. The van der Waals surface area contributed by atoms with Gasteiger partial charge in [-0.1, -0.05) is 49.4 Å². The summed E-state index contributed by atoms with van der Waals surface area (Å²) in [6.07, 6.45) is 0. The van der Waals surface area contributed by atoms with E-state index in [1.807, 2.05) is 49.4 Å². The molecule has 0 aliphatic heterocycles. The monoisotopic (exact) mass is 308 g/mol. The summed E-state index contributed by atoms with van der Waals surface area (Å²) in [6, 6.07) is 19.2. The predicted molar refractivity (Wildman–Crippen MR) is 88.4 cm³/mol. The Morgan fingerprint density at radius 1 is 1.17 bits per heavy atom. The second kappa shape index (κ2) is 8.11. The van der Waals surface area contributed by atoms with Crippen LogP contribution < -0.4 is 5.32 Å². The van der Waals surface area contributed by atoms with E-state index in [4.69, 9.17) is 10.00 Å². The van der Waals surface area contributed by atoms with Crippen LogP contribution in [0, 0.1) is 17.2 Å². The number of hydrogen-bond acceptors (Lipinski definition) is 4. The number of rotatable bonds is 6. The van der Waals surface area contributed by atoms with Crippen LogP contribution >= 0.6 is 0 Å². The second-order valence-corrected chi connectivity index (χ2v) is 5.39. The van der Waals surface area contributed by atoms with Crippen molar-refractivity contribution in [3.05, 3.63) is 71.3 Å². The lowest BCUT2D eigenvalue weighted by molar-refractivity contribution is -0.145. The van der Waals surface area contributed by atoms with Gasteiger partial charge in [-0.05, 0) is 23.3 Å². The van der Waals surface area contributed by atoms with Gasteiger partial charge in [-0.3, -0.25) is 4.79 Å². The lowest BCUT2D eigenvalue weighted by atomic mass is 9.94. The quantitative estimate of drug-likeness (QED) is 0.832. The van der Waals surface area contributed by atoms with Gasteiger partial charge in [0.15, 0.2) is 0 Å². The van der Waals surface area contributed by atoms with E-state index >= 15 is 0 Å². The molecule has 0 unspecified atom stereocenters. The first-order chi connectivity index (χ1) is 11.2. The van der Waals surface area contributed by atoms with Crippen LogP contribution in [0.15, 0.2) is 54.6 Å². The van der Waals surface area contributed by atoms with E-state index in [1.165, 1.54) is 7.11 Å². The molecule has 23 heavy (non-hydrogen) atoms. The predicted octanol–water partition coefficient (Wildman–Crippen LogP) is 3.20. The maximum Gasteiger partial charge on any atom is 0.310 e. The van der Waals surface area contributed by atoms with Crippen LogP contribution in [0.25, 0.3) is 0 Å². The lowest BCUT2D eigenvalue weighted by Crippen LogP contribution is -2.31. The molecule has 0 saturated carbocycles. The van der Waals surface area contributed by atoms with Crippen LogP contribution in [0.5, 0.6) is 0 Å². The first-order valence-electron chi connectivity index (χ1n) is 7.51. The van der Waals surface area contributed by atoms with Gasteiger partial charge < -0.3 is 10.1 Å². The van der Waals surface area contributed by atoms with E-state index in [0.717, 1.165) is 11.1 Å². The summed E-state index contributed by atoms with van der Waals surface area (Å²) < 4.78 is 4.88. The number of ether oxygens (including phenoxy) is 1. The van der Waals surface area contributed by atoms with Gasteiger partial charge in [-0.2, -0.15) is 5.26 Å². The van der Waals surface area contributed by atoms with Gasteiger partial charge in [0.05, 0.1) is 24.7 Å². The molecule has 1 N–H and O–H groups in total. The number of hydrogen-bond donors (Lipinski definition) is 1. The average molecular weight is 308 g/mol. The van der Waals surface area contributed by atoms with Crippen molar-refractivity contribution >= 4 is 5.97 Å². The van der Waals surface area contributed by atoms with Gasteiger partial charge in [-0.25, -0.2) is 0 Å². The first-order valence-corrected chi connectivity index (χ1v) is 7.51. The molecule has 118 valence electrons. The summed E-state index contributed by atoms with van der Waals surface area (Å²) in [4.78, 5) is 11.9. The maximum atomic E-state index is 11.9. The normalized spacial score (nSPS) is 12.9. The molecule has 2 atom stereocenters. The van der Waals surface area contributed by atoms with Crippen molar-refractivity contribution in [3.8, 4) is 6.07 Å². The number of carbonyl (C=O) groups is 1. The van der Waals surface area contributed by atoms with Gasteiger partial charge in [0.2, 0.25) is 0 Å². The Morgan fingerprint density at radius 3 is 2.39 bits per heavy atom. The highest BCUT2D eigenvalue weighted by atomic mass is 16.5. The second-order valence-electron chi connectivity index (χ2n) is 5.39. The van der Waals surface area contributed by atoms with Crippen LogP contribution in [0.2, 0.25) is 0 Å². The molecule has 0 amide bonds. The summed E-state index contributed by atoms with van der Waals surface area (Å²) >= 11 is 0. The third-order valence-electron chi connectivity index (χ3n) is 3.84. The van der Waals surface area contributed by atoms with E-state index < -0.39 is 0 Å². The van der Waals surface area contributed by atoms with Crippen molar-refractivity contribution in [2.45, 2.75) is 19.5 Å².